The Labute approximate surface area is 133 Å². The lowest BCUT2D eigenvalue weighted by molar-refractivity contribution is 0.316. The quantitative estimate of drug-likeness (QED) is 0.900. The van der Waals surface area contributed by atoms with Gasteiger partial charge in [0.1, 0.15) is 11.5 Å². The zero-order valence-electron chi connectivity index (χ0n) is 11.8. The van der Waals surface area contributed by atoms with Crippen LogP contribution in [0.4, 0.5) is 0 Å². The van der Waals surface area contributed by atoms with Crippen molar-refractivity contribution in [3.63, 3.8) is 0 Å². The molecule has 1 aliphatic heterocycles. The van der Waals surface area contributed by atoms with Crippen LogP contribution in [-0.2, 0) is 19.4 Å². The molecule has 0 saturated heterocycles. The Hall–Kier alpha value is -1.52. The Morgan fingerprint density at radius 1 is 1.24 bits per heavy atom. The summed E-state index contributed by atoms with van der Waals surface area (Å²) in [6, 6.07) is 12.3. The smallest absolute Gasteiger partial charge is 0.137 e. The Bertz CT molecular complexity index is 643. The van der Waals surface area contributed by atoms with Crippen LogP contribution in [-0.4, -0.2) is 13.2 Å². The third kappa shape index (κ3) is 3.22. The molecule has 2 aromatic rings. The number of fused-ring (bicyclic) bond motifs is 1. The molecule has 110 valence electrons. The van der Waals surface area contributed by atoms with Crippen LogP contribution < -0.4 is 15.2 Å². The van der Waals surface area contributed by atoms with E-state index in [4.69, 9.17) is 15.2 Å². The second-order valence-electron chi connectivity index (χ2n) is 5.07. The van der Waals surface area contributed by atoms with Gasteiger partial charge in [-0.05, 0) is 39.2 Å². The van der Waals surface area contributed by atoms with Crippen molar-refractivity contribution in [2.75, 3.05) is 13.2 Å². The van der Waals surface area contributed by atoms with Crippen LogP contribution in [0.25, 0.3) is 0 Å². The van der Waals surface area contributed by atoms with Crippen molar-refractivity contribution in [2.24, 2.45) is 5.73 Å². The minimum Gasteiger partial charge on any atom is -0.493 e. The maximum atomic E-state index is 5.92. The Balaban J connectivity index is 1.64. The molecule has 0 bridgehead atoms. The Kier molecular flexibility index (Phi) is 4.46. The largest absolute Gasteiger partial charge is 0.493 e. The van der Waals surface area contributed by atoms with Gasteiger partial charge in [-0.3, -0.25) is 0 Å². The topological polar surface area (TPSA) is 44.5 Å². The second-order valence-corrected chi connectivity index (χ2v) is 5.93. The molecule has 0 atom stereocenters. The Morgan fingerprint density at radius 2 is 2.14 bits per heavy atom. The molecule has 21 heavy (non-hydrogen) atoms. The van der Waals surface area contributed by atoms with Crippen molar-refractivity contribution in [1.82, 2.24) is 0 Å². The molecule has 0 aliphatic carbocycles. The first-order valence-electron chi connectivity index (χ1n) is 7.13. The lowest BCUT2D eigenvalue weighted by atomic mass is 10.1. The fourth-order valence-corrected chi connectivity index (χ4v) is 3.06. The van der Waals surface area contributed by atoms with Gasteiger partial charge in [0, 0.05) is 24.9 Å². The maximum Gasteiger partial charge on any atom is 0.137 e. The fourth-order valence-electron chi connectivity index (χ4n) is 2.54. The number of para-hydroxylation sites is 1. The van der Waals surface area contributed by atoms with Gasteiger partial charge in [0.25, 0.3) is 0 Å². The molecule has 0 unspecified atom stereocenters. The van der Waals surface area contributed by atoms with E-state index in [1.165, 1.54) is 11.1 Å². The molecule has 3 nitrogen and oxygen atoms in total. The number of ether oxygens (including phenoxy) is 2. The van der Waals surface area contributed by atoms with E-state index < -0.39 is 0 Å². The highest BCUT2D eigenvalue weighted by Crippen LogP contribution is 2.29. The lowest BCUT2D eigenvalue weighted by Crippen LogP contribution is -2.06. The molecule has 0 saturated carbocycles. The van der Waals surface area contributed by atoms with E-state index in [2.05, 4.69) is 34.1 Å². The molecule has 3 rings (SSSR count). The normalized spacial score (nSPS) is 12.9. The molecule has 1 heterocycles. The van der Waals surface area contributed by atoms with Gasteiger partial charge in [-0.1, -0.05) is 24.3 Å². The van der Waals surface area contributed by atoms with E-state index in [9.17, 15) is 0 Å². The lowest BCUT2D eigenvalue weighted by Gasteiger charge is -2.12. The predicted molar refractivity (Wildman–Crippen MR) is 86.9 cm³/mol. The van der Waals surface area contributed by atoms with E-state index in [0.29, 0.717) is 13.2 Å². The summed E-state index contributed by atoms with van der Waals surface area (Å²) < 4.78 is 12.4. The zero-order valence-corrected chi connectivity index (χ0v) is 13.4. The van der Waals surface area contributed by atoms with E-state index in [1.807, 2.05) is 18.2 Å². The average Bonchev–Trinajstić information content (AvgIpc) is 2.96. The van der Waals surface area contributed by atoms with Gasteiger partial charge < -0.3 is 15.2 Å². The molecular weight excluding hydrogens is 330 g/mol. The van der Waals surface area contributed by atoms with Crippen LogP contribution in [0.3, 0.4) is 0 Å². The van der Waals surface area contributed by atoms with Crippen LogP contribution in [0, 0.1) is 0 Å². The highest BCUT2D eigenvalue weighted by atomic mass is 79.9. The van der Waals surface area contributed by atoms with Gasteiger partial charge >= 0.3 is 0 Å². The van der Waals surface area contributed by atoms with Crippen LogP contribution in [0.15, 0.2) is 40.9 Å². The van der Waals surface area contributed by atoms with E-state index in [-0.39, 0.29) is 0 Å². The molecular formula is C17H18BrNO2. The van der Waals surface area contributed by atoms with Crippen LogP contribution in [0.2, 0.25) is 0 Å². The van der Waals surface area contributed by atoms with Crippen molar-refractivity contribution in [1.29, 1.82) is 0 Å². The average molecular weight is 348 g/mol. The molecule has 1 aliphatic rings. The zero-order chi connectivity index (χ0) is 14.7. The van der Waals surface area contributed by atoms with Crippen molar-refractivity contribution < 1.29 is 9.47 Å². The first kappa shape index (κ1) is 14.4. The van der Waals surface area contributed by atoms with E-state index in [0.717, 1.165) is 41.0 Å². The molecule has 0 aromatic heterocycles. The molecule has 0 amide bonds. The molecule has 4 heteroatoms. The predicted octanol–water partition coefficient (Wildman–Crippen LogP) is 3.46. The van der Waals surface area contributed by atoms with Gasteiger partial charge in [-0.2, -0.15) is 0 Å². The number of benzene rings is 2. The molecule has 0 spiro atoms. The summed E-state index contributed by atoms with van der Waals surface area (Å²) in [6.07, 6.45) is 1.88. The number of hydrogen-bond acceptors (Lipinski definition) is 3. The number of nitrogens with two attached hydrogens (primary N) is 1. The highest BCUT2D eigenvalue weighted by Gasteiger charge is 2.12. The molecule has 2 N–H and O–H groups in total. The fraction of sp³-hybridized carbons (Fsp3) is 0.294. The molecule has 2 aromatic carbocycles. The first-order chi connectivity index (χ1) is 10.3. The van der Waals surface area contributed by atoms with Crippen molar-refractivity contribution >= 4 is 15.9 Å². The summed E-state index contributed by atoms with van der Waals surface area (Å²) in [4.78, 5) is 0. The Morgan fingerprint density at radius 3 is 3.00 bits per heavy atom. The van der Waals surface area contributed by atoms with E-state index >= 15 is 0 Å². The van der Waals surface area contributed by atoms with Crippen LogP contribution in [0.5, 0.6) is 11.5 Å². The van der Waals surface area contributed by atoms with Crippen LogP contribution in [0.1, 0.15) is 16.7 Å². The van der Waals surface area contributed by atoms with Crippen molar-refractivity contribution in [2.45, 2.75) is 19.4 Å². The second kappa shape index (κ2) is 6.50. The standard InChI is InChI=1S/C17H18BrNO2/c18-15-3-1-2-14(11-19)17(15)21-8-6-12-4-5-16-13(10-12)7-9-20-16/h1-5,10H,6-9,11,19H2. The maximum absolute atomic E-state index is 5.92. The molecule has 0 fully saturated rings. The summed E-state index contributed by atoms with van der Waals surface area (Å²) in [6.45, 7) is 1.91. The minimum absolute atomic E-state index is 0.477. The SMILES string of the molecule is NCc1cccc(Br)c1OCCc1ccc2c(c1)CCO2. The van der Waals surface area contributed by atoms with Gasteiger partial charge in [-0.15, -0.1) is 0 Å². The first-order valence-corrected chi connectivity index (χ1v) is 7.92. The summed E-state index contributed by atoms with van der Waals surface area (Å²) in [5.74, 6) is 1.88. The van der Waals surface area contributed by atoms with Gasteiger partial charge in [0.2, 0.25) is 0 Å². The van der Waals surface area contributed by atoms with Gasteiger partial charge in [0.05, 0.1) is 17.7 Å². The monoisotopic (exact) mass is 347 g/mol. The minimum atomic E-state index is 0.477. The summed E-state index contributed by atoms with van der Waals surface area (Å²) >= 11 is 3.52. The summed E-state index contributed by atoms with van der Waals surface area (Å²) in [5.41, 5.74) is 9.35. The van der Waals surface area contributed by atoms with Gasteiger partial charge in [-0.25, -0.2) is 0 Å². The summed E-state index contributed by atoms with van der Waals surface area (Å²) in [7, 11) is 0. The van der Waals surface area contributed by atoms with E-state index in [1.54, 1.807) is 0 Å². The third-order valence-corrected chi connectivity index (χ3v) is 4.28. The number of halogens is 1. The third-order valence-electron chi connectivity index (χ3n) is 3.66. The van der Waals surface area contributed by atoms with Crippen molar-refractivity contribution in [3.8, 4) is 11.5 Å². The molecule has 0 radical (unpaired) electrons. The van der Waals surface area contributed by atoms with Crippen LogP contribution >= 0.6 is 15.9 Å². The summed E-state index contributed by atoms with van der Waals surface area (Å²) in [5, 5.41) is 0. The number of rotatable bonds is 5. The van der Waals surface area contributed by atoms with Crippen molar-refractivity contribution in [3.05, 3.63) is 57.6 Å². The number of hydrogen-bond donors (Lipinski definition) is 1. The van der Waals surface area contributed by atoms with Gasteiger partial charge in [0.15, 0.2) is 0 Å². The highest BCUT2D eigenvalue weighted by molar-refractivity contribution is 9.10.